The summed E-state index contributed by atoms with van der Waals surface area (Å²) in [5, 5.41) is 9.00. The van der Waals surface area contributed by atoms with E-state index in [2.05, 4.69) is 6.07 Å². The van der Waals surface area contributed by atoms with Gasteiger partial charge in [-0.15, -0.1) is 0 Å². The van der Waals surface area contributed by atoms with Crippen LogP contribution in [-0.4, -0.2) is 12.6 Å². The molecule has 0 aromatic heterocycles. The average Bonchev–Trinajstić information content (AvgIpc) is 2.30. The Morgan fingerprint density at radius 3 is 2.65 bits per heavy atom. The van der Waals surface area contributed by atoms with Crippen LogP contribution in [0.1, 0.15) is 29.2 Å². The third kappa shape index (κ3) is 3.46. The van der Waals surface area contributed by atoms with Gasteiger partial charge in [0, 0.05) is 6.08 Å². The molecule has 0 amide bonds. The molecule has 0 radical (unpaired) electrons. The van der Waals surface area contributed by atoms with Gasteiger partial charge in [0.1, 0.15) is 0 Å². The first-order valence-electron chi connectivity index (χ1n) is 5.44. The van der Waals surface area contributed by atoms with Gasteiger partial charge in [-0.2, -0.15) is 5.26 Å². The zero-order valence-electron chi connectivity index (χ0n) is 10.3. The molecule has 88 valence electrons. The second-order valence-electron chi connectivity index (χ2n) is 3.72. The first-order valence-corrected chi connectivity index (χ1v) is 5.44. The number of benzene rings is 1. The first kappa shape index (κ1) is 13.0. The predicted octanol–water partition coefficient (Wildman–Crippen LogP) is 2.75. The molecule has 0 aliphatic carbocycles. The summed E-state index contributed by atoms with van der Waals surface area (Å²) in [5.74, 6) is -0.394. The lowest BCUT2D eigenvalue weighted by molar-refractivity contribution is -0.137. The molecule has 3 heteroatoms. The van der Waals surface area contributed by atoms with Crippen molar-refractivity contribution in [3.63, 3.8) is 0 Å². The molecule has 3 nitrogen and oxygen atoms in total. The van der Waals surface area contributed by atoms with E-state index in [0.717, 1.165) is 16.7 Å². The number of nitriles is 1. The Morgan fingerprint density at radius 2 is 2.06 bits per heavy atom. The number of hydrogen-bond acceptors (Lipinski definition) is 3. The van der Waals surface area contributed by atoms with E-state index in [1.165, 1.54) is 6.08 Å². The zero-order valence-corrected chi connectivity index (χ0v) is 10.3. The van der Waals surface area contributed by atoms with Gasteiger partial charge in [-0.3, -0.25) is 0 Å². The monoisotopic (exact) mass is 229 g/mol. The van der Waals surface area contributed by atoms with Crippen LogP contribution >= 0.6 is 0 Å². The molecule has 0 aliphatic heterocycles. The molecule has 0 fully saturated rings. The number of carbonyl (C=O) groups excluding carboxylic acids is 1. The molecule has 0 bridgehead atoms. The van der Waals surface area contributed by atoms with Crippen molar-refractivity contribution < 1.29 is 9.53 Å². The van der Waals surface area contributed by atoms with Crippen LogP contribution in [0.25, 0.3) is 6.08 Å². The average molecular weight is 229 g/mol. The topological polar surface area (TPSA) is 50.1 Å². The van der Waals surface area contributed by atoms with E-state index in [-0.39, 0.29) is 0 Å². The molecule has 0 N–H and O–H groups in total. The minimum Gasteiger partial charge on any atom is -0.463 e. The van der Waals surface area contributed by atoms with Gasteiger partial charge >= 0.3 is 5.97 Å². The van der Waals surface area contributed by atoms with E-state index in [0.29, 0.717) is 12.2 Å². The second kappa shape index (κ2) is 5.86. The highest BCUT2D eigenvalue weighted by atomic mass is 16.5. The smallest absolute Gasteiger partial charge is 0.330 e. The maximum Gasteiger partial charge on any atom is 0.330 e. The quantitative estimate of drug-likeness (QED) is 0.591. The lowest BCUT2D eigenvalue weighted by Crippen LogP contribution is -1.99. The number of carbonyl (C=O) groups is 1. The van der Waals surface area contributed by atoms with Gasteiger partial charge < -0.3 is 4.74 Å². The Kier molecular flexibility index (Phi) is 4.47. The molecule has 0 aliphatic rings. The van der Waals surface area contributed by atoms with Crippen LogP contribution in [0.2, 0.25) is 0 Å². The van der Waals surface area contributed by atoms with E-state index >= 15 is 0 Å². The molecule has 0 saturated carbocycles. The van der Waals surface area contributed by atoms with Crippen molar-refractivity contribution in [1.29, 1.82) is 5.26 Å². The number of ether oxygens (including phenoxy) is 1. The largest absolute Gasteiger partial charge is 0.463 e. The number of rotatable bonds is 3. The normalized spacial score (nSPS) is 10.2. The Morgan fingerprint density at radius 1 is 1.41 bits per heavy atom. The first-order chi connectivity index (χ1) is 8.08. The van der Waals surface area contributed by atoms with E-state index < -0.39 is 5.97 Å². The van der Waals surface area contributed by atoms with E-state index in [1.807, 2.05) is 26.0 Å². The fraction of sp³-hybridized carbons (Fsp3) is 0.286. The van der Waals surface area contributed by atoms with Gasteiger partial charge in [0.2, 0.25) is 0 Å². The summed E-state index contributed by atoms with van der Waals surface area (Å²) in [6.07, 6.45) is 2.96. The molecule has 1 rings (SSSR count). The standard InChI is InChI=1S/C14H15NO2/c1-4-17-14(16)6-5-12-7-10(2)11(3)8-13(12)9-15/h5-8H,4H2,1-3H3/b6-5+. The van der Waals surface area contributed by atoms with Crippen molar-refractivity contribution in [2.45, 2.75) is 20.8 Å². The van der Waals surface area contributed by atoms with Crippen molar-refractivity contribution >= 4 is 12.0 Å². The van der Waals surface area contributed by atoms with Crippen LogP contribution < -0.4 is 0 Å². The molecule has 1 aromatic carbocycles. The molecule has 0 spiro atoms. The zero-order chi connectivity index (χ0) is 12.8. The van der Waals surface area contributed by atoms with Crippen molar-refractivity contribution in [3.8, 4) is 6.07 Å². The van der Waals surface area contributed by atoms with Gasteiger partial charge in [-0.1, -0.05) is 6.07 Å². The van der Waals surface area contributed by atoms with Crippen molar-refractivity contribution in [2.75, 3.05) is 6.61 Å². The van der Waals surface area contributed by atoms with Gasteiger partial charge in [0.15, 0.2) is 0 Å². The Balaban J connectivity index is 3.02. The number of esters is 1. The molecular weight excluding hydrogens is 214 g/mol. The maximum absolute atomic E-state index is 11.2. The van der Waals surface area contributed by atoms with Crippen molar-refractivity contribution in [2.24, 2.45) is 0 Å². The van der Waals surface area contributed by atoms with E-state index in [1.54, 1.807) is 13.0 Å². The van der Waals surface area contributed by atoms with Crippen LogP contribution in [0.15, 0.2) is 18.2 Å². The molecule has 0 unspecified atom stereocenters. The molecule has 17 heavy (non-hydrogen) atoms. The van der Waals surface area contributed by atoms with Crippen LogP contribution in [0.5, 0.6) is 0 Å². The highest BCUT2D eigenvalue weighted by Crippen LogP contribution is 2.16. The summed E-state index contributed by atoms with van der Waals surface area (Å²) in [5.41, 5.74) is 3.46. The summed E-state index contributed by atoms with van der Waals surface area (Å²) in [6.45, 7) is 6.02. The van der Waals surface area contributed by atoms with Crippen LogP contribution in [0, 0.1) is 25.2 Å². The van der Waals surface area contributed by atoms with Crippen molar-refractivity contribution in [3.05, 3.63) is 40.5 Å². The second-order valence-corrected chi connectivity index (χ2v) is 3.72. The number of hydrogen-bond donors (Lipinski definition) is 0. The lowest BCUT2D eigenvalue weighted by Gasteiger charge is -2.04. The fourth-order valence-corrected chi connectivity index (χ4v) is 1.42. The van der Waals surface area contributed by atoms with Gasteiger partial charge in [0.05, 0.1) is 18.2 Å². The van der Waals surface area contributed by atoms with Gasteiger partial charge in [0.25, 0.3) is 0 Å². The van der Waals surface area contributed by atoms with Crippen LogP contribution in [0.4, 0.5) is 0 Å². The summed E-state index contributed by atoms with van der Waals surface area (Å²) in [6, 6.07) is 5.83. The summed E-state index contributed by atoms with van der Waals surface area (Å²) in [7, 11) is 0. The van der Waals surface area contributed by atoms with Gasteiger partial charge in [-0.25, -0.2) is 4.79 Å². The minimum absolute atomic E-state index is 0.348. The highest BCUT2D eigenvalue weighted by molar-refractivity contribution is 5.87. The molecule has 0 saturated heterocycles. The lowest BCUT2D eigenvalue weighted by atomic mass is 10.0. The molecule has 0 atom stereocenters. The van der Waals surface area contributed by atoms with Crippen LogP contribution in [-0.2, 0) is 9.53 Å². The van der Waals surface area contributed by atoms with E-state index in [9.17, 15) is 4.79 Å². The Hall–Kier alpha value is -2.08. The molecule has 0 heterocycles. The van der Waals surface area contributed by atoms with Gasteiger partial charge in [-0.05, 0) is 49.6 Å². The minimum atomic E-state index is -0.394. The van der Waals surface area contributed by atoms with Crippen LogP contribution in [0.3, 0.4) is 0 Å². The van der Waals surface area contributed by atoms with E-state index in [4.69, 9.17) is 10.00 Å². The predicted molar refractivity (Wildman–Crippen MR) is 66.3 cm³/mol. The summed E-state index contributed by atoms with van der Waals surface area (Å²) in [4.78, 5) is 11.2. The third-order valence-corrected chi connectivity index (χ3v) is 2.47. The fourth-order valence-electron chi connectivity index (χ4n) is 1.42. The maximum atomic E-state index is 11.2. The highest BCUT2D eigenvalue weighted by Gasteiger charge is 2.03. The number of nitrogens with zero attached hydrogens (tertiary/aromatic N) is 1. The SMILES string of the molecule is CCOC(=O)/C=C/c1cc(C)c(C)cc1C#N. The number of aryl methyl sites for hydroxylation is 2. The third-order valence-electron chi connectivity index (χ3n) is 2.47. The molecular formula is C14H15NO2. The molecule has 1 aromatic rings. The van der Waals surface area contributed by atoms with Crippen molar-refractivity contribution in [1.82, 2.24) is 0 Å². The Labute approximate surface area is 101 Å². The summed E-state index contributed by atoms with van der Waals surface area (Å²) >= 11 is 0. The Bertz CT molecular complexity index is 496. The summed E-state index contributed by atoms with van der Waals surface area (Å²) < 4.78 is 4.78.